The molecule has 0 bridgehead atoms. The van der Waals surface area contributed by atoms with Crippen LogP contribution in [0.2, 0.25) is 0 Å². The molecule has 0 saturated carbocycles. The van der Waals surface area contributed by atoms with E-state index in [1.165, 1.54) is 10.5 Å². The number of benzene rings is 1. The summed E-state index contributed by atoms with van der Waals surface area (Å²) in [4.78, 5) is 32.3. The van der Waals surface area contributed by atoms with Crippen molar-refractivity contribution in [2.45, 2.75) is 25.4 Å². The van der Waals surface area contributed by atoms with Gasteiger partial charge in [0, 0.05) is 19.6 Å². The molecule has 2 unspecified atom stereocenters. The van der Waals surface area contributed by atoms with E-state index in [-0.39, 0.29) is 18.6 Å². The lowest BCUT2D eigenvalue weighted by molar-refractivity contribution is -0.118. The molecule has 4 aliphatic rings. The molecule has 12 nitrogen and oxygen atoms in total. The van der Waals surface area contributed by atoms with Gasteiger partial charge in [-0.05, 0) is 67.6 Å². The molecule has 2 atom stereocenters. The van der Waals surface area contributed by atoms with Gasteiger partial charge in [0.2, 0.25) is 0 Å². The molecular weight excluding hydrogens is 528 g/mol. The standard InChI is InChI=1S/C29H34N6O6/c30-15-23-22-14-19(13-20(22)1-2-24(23)39-12-9-34-7-10-38-11-8-34)16-31-6-5-21-17-35(29(37)41-21)26-4-3-25-28(32-26)33-27(36)18-40-25/h1-4,19,21,31H,5-14,16-18H2,(H,32,33,36). The van der Waals surface area contributed by atoms with Gasteiger partial charge in [-0.25, -0.2) is 9.78 Å². The lowest BCUT2D eigenvalue weighted by Crippen LogP contribution is -2.38. The second-order valence-corrected chi connectivity index (χ2v) is 10.7. The molecule has 1 aromatic heterocycles. The minimum absolute atomic E-state index is 0.0491. The molecule has 1 aromatic carbocycles. The van der Waals surface area contributed by atoms with Crippen LogP contribution in [0, 0.1) is 17.2 Å². The average molecular weight is 563 g/mol. The van der Waals surface area contributed by atoms with E-state index in [9.17, 15) is 14.9 Å². The number of pyridine rings is 1. The van der Waals surface area contributed by atoms with Crippen molar-refractivity contribution in [3.05, 3.63) is 41.0 Å². The zero-order valence-corrected chi connectivity index (χ0v) is 22.9. The number of rotatable bonds is 10. The maximum Gasteiger partial charge on any atom is 0.415 e. The van der Waals surface area contributed by atoms with Crippen LogP contribution in [0.5, 0.6) is 11.5 Å². The van der Waals surface area contributed by atoms with Crippen molar-refractivity contribution < 1.29 is 28.5 Å². The zero-order valence-electron chi connectivity index (χ0n) is 22.9. The first kappa shape index (κ1) is 27.3. The monoisotopic (exact) mass is 562 g/mol. The topological polar surface area (TPSA) is 138 Å². The fourth-order valence-electron chi connectivity index (χ4n) is 5.79. The van der Waals surface area contributed by atoms with Crippen LogP contribution in [0.25, 0.3) is 0 Å². The summed E-state index contributed by atoms with van der Waals surface area (Å²) in [5.41, 5.74) is 2.97. The summed E-state index contributed by atoms with van der Waals surface area (Å²) >= 11 is 0. The molecule has 4 heterocycles. The third kappa shape index (κ3) is 6.22. The first-order valence-electron chi connectivity index (χ1n) is 14.2. The molecule has 2 fully saturated rings. The Morgan fingerprint density at radius 3 is 2.90 bits per heavy atom. The first-order valence-corrected chi connectivity index (χ1v) is 14.2. The van der Waals surface area contributed by atoms with Crippen LogP contribution in [-0.2, 0) is 27.1 Å². The van der Waals surface area contributed by atoms with Crippen molar-refractivity contribution in [3.63, 3.8) is 0 Å². The largest absolute Gasteiger partial charge is 0.491 e. The number of nitrogens with one attached hydrogen (secondary N) is 2. The number of nitrogens with zero attached hydrogens (tertiary/aromatic N) is 4. The predicted molar refractivity (Wildman–Crippen MR) is 148 cm³/mol. The van der Waals surface area contributed by atoms with Gasteiger partial charge >= 0.3 is 6.09 Å². The number of morpholine rings is 1. The third-order valence-corrected chi connectivity index (χ3v) is 7.94. The Labute approximate surface area is 238 Å². The summed E-state index contributed by atoms with van der Waals surface area (Å²) in [5.74, 6) is 1.98. The van der Waals surface area contributed by atoms with Gasteiger partial charge in [0.25, 0.3) is 5.91 Å². The Balaban J connectivity index is 0.952. The lowest BCUT2D eigenvalue weighted by atomic mass is 10.0. The van der Waals surface area contributed by atoms with Gasteiger partial charge in [0.15, 0.2) is 18.2 Å². The molecule has 41 heavy (non-hydrogen) atoms. The van der Waals surface area contributed by atoms with Crippen molar-refractivity contribution in [2.24, 2.45) is 5.92 Å². The van der Waals surface area contributed by atoms with Gasteiger partial charge in [-0.2, -0.15) is 5.26 Å². The van der Waals surface area contributed by atoms with Crippen LogP contribution in [-0.4, -0.2) is 93.7 Å². The summed E-state index contributed by atoms with van der Waals surface area (Å²) < 4.78 is 22.3. The average Bonchev–Trinajstić information content (AvgIpc) is 3.58. The second-order valence-electron chi connectivity index (χ2n) is 10.7. The normalized spacial score (nSPS) is 21.9. The molecule has 2 amide bonds. The highest BCUT2D eigenvalue weighted by molar-refractivity contribution is 5.95. The molecule has 216 valence electrons. The van der Waals surface area contributed by atoms with Crippen molar-refractivity contribution in [1.29, 1.82) is 5.26 Å². The van der Waals surface area contributed by atoms with Gasteiger partial charge in [-0.1, -0.05) is 6.07 Å². The van der Waals surface area contributed by atoms with E-state index in [2.05, 4.69) is 32.7 Å². The third-order valence-electron chi connectivity index (χ3n) is 7.94. The molecule has 2 aromatic rings. The number of ether oxygens (including phenoxy) is 4. The van der Waals surface area contributed by atoms with Crippen molar-refractivity contribution in [2.75, 3.05) is 75.9 Å². The van der Waals surface area contributed by atoms with Crippen LogP contribution in [0.3, 0.4) is 0 Å². The zero-order chi connectivity index (χ0) is 28.2. The lowest BCUT2D eigenvalue weighted by Gasteiger charge is -2.26. The van der Waals surface area contributed by atoms with Crippen LogP contribution in [0.15, 0.2) is 24.3 Å². The molecule has 3 aliphatic heterocycles. The Morgan fingerprint density at radius 1 is 1.17 bits per heavy atom. The van der Waals surface area contributed by atoms with E-state index in [1.807, 2.05) is 6.07 Å². The van der Waals surface area contributed by atoms with Crippen molar-refractivity contribution in [3.8, 4) is 17.6 Å². The van der Waals surface area contributed by atoms with Crippen LogP contribution in [0.1, 0.15) is 23.1 Å². The van der Waals surface area contributed by atoms with E-state index in [1.54, 1.807) is 12.1 Å². The fraction of sp³-hybridized carbons (Fsp3) is 0.517. The Morgan fingerprint density at radius 2 is 2.05 bits per heavy atom. The Bertz CT molecular complexity index is 1340. The molecule has 6 rings (SSSR count). The Kier molecular flexibility index (Phi) is 8.18. The molecule has 2 saturated heterocycles. The summed E-state index contributed by atoms with van der Waals surface area (Å²) in [6.45, 7) is 6.55. The molecule has 1 aliphatic carbocycles. The van der Waals surface area contributed by atoms with Crippen LogP contribution >= 0.6 is 0 Å². The maximum absolute atomic E-state index is 12.5. The SMILES string of the molecule is N#Cc1c(OCCN2CCOCC2)ccc2c1CC(CNCCC1CN(c3ccc4c(n3)NC(=O)CO4)C(=O)O1)C2. The van der Waals surface area contributed by atoms with Gasteiger partial charge < -0.3 is 29.6 Å². The van der Waals surface area contributed by atoms with Gasteiger partial charge in [0.05, 0.1) is 25.3 Å². The number of amides is 2. The number of hydrogen-bond acceptors (Lipinski definition) is 10. The van der Waals surface area contributed by atoms with E-state index in [0.29, 0.717) is 60.7 Å². The minimum atomic E-state index is -0.455. The van der Waals surface area contributed by atoms with Crippen molar-refractivity contribution >= 4 is 23.6 Å². The first-order chi connectivity index (χ1) is 20.1. The summed E-state index contributed by atoms with van der Waals surface area (Å²) in [5, 5.41) is 16.1. The summed E-state index contributed by atoms with van der Waals surface area (Å²) in [6.07, 6.45) is 1.70. The number of carbonyl (C=O) groups excluding carboxylic acids is 2. The van der Waals surface area contributed by atoms with Crippen molar-refractivity contribution in [1.82, 2.24) is 15.2 Å². The summed E-state index contributed by atoms with van der Waals surface area (Å²) in [6, 6.07) is 9.80. The molecule has 12 heteroatoms. The molecule has 0 spiro atoms. The van der Waals surface area contributed by atoms with Gasteiger partial charge in [0.1, 0.15) is 30.3 Å². The highest BCUT2D eigenvalue weighted by atomic mass is 16.6. The molecule has 2 N–H and O–H groups in total. The number of aromatic nitrogens is 1. The minimum Gasteiger partial charge on any atom is -0.491 e. The fourth-order valence-corrected chi connectivity index (χ4v) is 5.79. The number of nitriles is 1. The number of cyclic esters (lactones) is 1. The Hall–Kier alpha value is -3.92. The maximum atomic E-state index is 12.5. The number of hydrogen-bond donors (Lipinski definition) is 2. The number of anilines is 2. The van der Waals surface area contributed by atoms with E-state index < -0.39 is 6.09 Å². The van der Waals surface area contributed by atoms with Gasteiger partial charge in [-0.15, -0.1) is 0 Å². The van der Waals surface area contributed by atoms with Gasteiger partial charge in [-0.3, -0.25) is 14.6 Å². The molecule has 0 radical (unpaired) electrons. The summed E-state index contributed by atoms with van der Waals surface area (Å²) in [7, 11) is 0. The number of carbonyl (C=O) groups is 2. The van der Waals surface area contributed by atoms with Crippen LogP contribution < -0.4 is 25.0 Å². The number of fused-ring (bicyclic) bond motifs is 2. The van der Waals surface area contributed by atoms with E-state index in [4.69, 9.17) is 18.9 Å². The molecular formula is C29H34N6O6. The quantitative estimate of drug-likeness (QED) is 0.412. The predicted octanol–water partition coefficient (Wildman–Crippen LogP) is 1.72. The highest BCUT2D eigenvalue weighted by Crippen LogP contribution is 2.34. The smallest absolute Gasteiger partial charge is 0.415 e. The second kappa shape index (κ2) is 12.3. The highest BCUT2D eigenvalue weighted by Gasteiger charge is 2.34. The van der Waals surface area contributed by atoms with E-state index >= 15 is 0 Å². The van der Waals surface area contributed by atoms with E-state index in [0.717, 1.165) is 57.8 Å². The van der Waals surface area contributed by atoms with Crippen LogP contribution in [0.4, 0.5) is 16.4 Å².